The van der Waals surface area contributed by atoms with Crippen molar-refractivity contribution in [1.82, 2.24) is 18.8 Å². The minimum Gasteiger partial charge on any atom is -0.443 e. The maximum absolute atomic E-state index is 13.5. The van der Waals surface area contributed by atoms with Crippen molar-refractivity contribution in [3.8, 4) is 5.69 Å². The smallest absolute Gasteiger partial charge is 0.369 e. The lowest BCUT2D eigenvalue weighted by Gasteiger charge is -2.21. The van der Waals surface area contributed by atoms with Gasteiger partial charge in [-0.05, 0) is 64.8 Å². The molecule has 1 aromatic carbocycles. The molecule has 0 unspecified atom stereocenters. The predicted octanol–water partition coefficient (Wildman–Crippen LogP) is 2.75. The monoisotopic (exact) mass is 518 g/mol. The van der Waals surface area contributed by atoms with Gasteiger partial charge >= 0.3 is 17.6 Å². The summed E-state index contributed by atoms with van der Waals surface area (Å²) in [5, 5.41) is -0.264. The van der Waals surface area contributed by atoms with E-state index in [1.807, 2.05) is 0 Å². The summed E-state index contributed by atoms with van der Waals surface area (Å²) >= 11 is 6.37. The van der Waals surface area contributed by atoms with E-state index in [0.717, 1.165) is 0 Å². The highest BCUT2D eigenvalue weighted by molar-refractivity contribution is 6.29. The molecule has 0 spiro atoms. The molecule has 0 fully saturated rings. The lowest BCUT2D eigenvalue weighted by atomic mass is 9.91. The van der Waals surface area contributed by atoms with E-state index in [9.17, 15) is 24.0 Å². The molecular weight excluding hydrogens is 492 g/mol. The first-order valence-corrected chi connectivity index (χ1v) is 11.5. The summed E-state index contributed by atoms with van der Waals surface area (Å²) in [6.45, 7) is 9.11. The lowest BCUT2D eigenvalue weighted by Crippen LogP contribution is -2.46. The maximum Gasteiger partial charge on any atom is 0.369 e. The average molecular weight is 519 g/mol. The number of rotatable bonds is 7. The van der Waals surface area contributed by atoms with Gasteiger partial charge in [0.1, 0.15) is 0 Å². The van der Waals surface area contributed by atoms with Crippen molar-refractivity contribution in [2.75, 3.05) is 0 Å². The third-order valence-electron chi connectivity index (χ3n) is 5.72. The molecule has 0 aliphatic rings. The topological polar surface area (TPSA) is 131 Å². The fraction of sp³-hybridized carbons (Fsp3) is 0.417. The van der Waals surface area contributed by atoms with Crippen molar-refractivity contribution >= 4 is 41.0 Å². The second-order valence-electron chi connectivity index (χ2n) is 9.80. The quantitative estimate of drug-likeness (QED) is 0.265. The van der Waals surface area contributed by atoms with E-state index in [4.69, 9.17) is 21.2 Å². The normalized spacial score (nSPS) is 12.0. The molecule has 0 N–H and O–H groups in total. The number of benzene rings is 1. The number of imidazole rings is 1. The first-order valence-electron chi connectivity index (χ1n) is 11.1. The number of aromatic nitrogens is 4. The Balaban J connectivity index is 2.35. The van der Waals surface area contributed by atoms with Crippen LogP contribution in [0.5, 0.6) is 0 Å². The first-order chi connectivity index (χ1) is 16.7. The van der Waals surface area contributed by atoms with Crippen LogP contribution in [0.25, 0.3) is 16.9 Å². The van der Waals surface area contributed by atoms with Crippen LogP contribution in [0.4, 0.5) is 0 Å². The summed E-state index contributed by atoms with van der Waals surface area (Å²) in [5.41, 5.74) is -4.10. The van der Waals surface area contributed by atoms with Crippen molar-refractivity contribution in [1.29, 1.82) is 0 Å². The number of hydrogen-bond donors (Lipinski definition) is 0. The second-order valence-corrected chi connectivity index (χ2v) is 10.1. The summed E-state index contributed by atoms with van der Waals surface area (Å²) in [6, 6.07) is 6.28. The molecule has 0 aliphatic carbocycles. The summed E-state index contributed by atoms with van der Waals surface area (Å²) < 4.78 is 7.51. The van der Waals surface area contributed by atoms with Gasteiger partial charge < -0.3 is 9.57 Å². The van der Waals surface area contributed by atoms with Crippen LogP contribution in [0.1, 0.15) is 58.3 Å². The Morgan fingerprint density at radius 2 is 1.72 bits per heavy atom. The average Bonchev–Trinajstić information content (AvgIpc) is 3.17. The zero-order chi connectivity index (χ0) is 27.0. The van der Waals surface area contributed by atoms with Crippen LogP contribution in [0.3, 0.4) is 0 Å². The van der Waals surface area contributed by atoms with E-state index in [0.29, 0.717) is 22.0 Å². The van der Waals surface area contributed by atoms with Crippen LogP contribution in [0.2, 0.25) is 5.28 Å². The van der Waals surface area contributed by atoms with E-state index in [1.54, 1.807) is 53.7 Å². The summed E-state index contributed by atoms with van der Waals surface area (Å²) in [4.78, 5) is 73.2. The van der Waals surface area contributed by atoms with Crippen LogP contribution in [-0.4, -0.2) is 37.1 Å². The van der Waals surface area contributed by atoms with E-state index in [1.165, 1.54) is 16.7 Å². The first kappa shape index (κ1) is 26.9. The molecule has 12 heteroatoms. The molecule has 0 saturated carbocycles. The highest BCUT2D eigenvalue weighted by Crippen LogP contribution is 2.25. The molecule has 11 nitrogen and oxygen atoms in total. The van der Waals surface area contributed by atoms with Crippen LogP contribution in [0, 0.1) is 10.8 Å². The van der Waals surface area contributed by atoms with Gasteiger partial charge in [-0.3, -0.25) is 19.0 Å². The zero-order valence-corrected chi connectivity index (χ0v) is 21.6. The summed E-state index contributed by atoms with van der Waals surface area (Å²) in [7, 11) is 0. The Kier molecular flexibility index (Phi) is 7.26. The fourth-order valence-electron chi connectivity index (χ4n) is 3.03. The molecule has 0 bridgehead atoms. The number of halogens is 1. The molecular formula is C24H27ClN4O7. The molecule has 0 radical (unpaired) electrons. The number of fused-ring (bicyclic) bond motifs is 1. The van der Waals surface area contributed by atoms with Gasteiger partial charge in [-0.25, -0.2) is 14.2 Å². The number of carbonyl (C=O) groups is 3. The Bertz CT molecular complexity index is 1470. The number of hydrogen-bond acceptors (Lipinski definition) is 8. The van der Waals surface area contributed by atoms with Gasteiger partial charge in [0, 0.05) is 5.56 Å². The Hall–Kier alpha value is -3.73. The van der Waals surface area contributed by atoms with Gasteiger partial charge in [-0.1, -0.05) is 23.8 Å². The molecule has 192 valence electrons. The van der Waals surface area contributed by atoms with E-state index in [-0.39, 0.29) is 27.7 Å². The second kappa shape index (κ2) is 9.73. The SMILES string of the molecule is CCC(C)(C)C(=O)On1c(=O)n(COC(=O)C(C)(C)C)c(=O)c2c1nc(Cl)n2-c1ccccc1C=O. The molecule has 0 atom stereocenters. The number of esters is 1. The van der Waals surface area contributed by atoms with Crippen LogP contribution in [0.15, 0.2) is 33.9 Å². The molecule has 3 aromatic rings. The van der Waals surface area contributed by atoms with Gasteiger partial charge in [-0.2, -0.15) is 4.98 Å². The number of ether oxygens (including phenoxy) is 1. The van der Waals surface area contributed by atoms with Gasteiger partial charge in [0.05, 0.1) is 16.5 Å². The standard InChI is InChI=1S/C24H27ClN4O7/c1-7-24(5,6)20(33)36-29-17-16(18(31)27(22(29)34)13-35-19(32)23(2,3)4)28(21(25)26-17)15-11-9-8-10-14(15)12-30/h8-12H,7,13H2,1-6H3. The lowest BCUT2D eigenvalue weighted by molar-refractivity contribution is -0.158. The van der Waals surface area contributed by atoms with Crippen molar-refractivity contribution in [2.24, 2.45) is 10.8 Å². The Labute approximate surface area is 211 Å². The van der Waals surface area contributed by atoms with E-state index < -0.39 is 40.7 Å². The van der Waals surface area contributed by atoms with Crippen molar-refractivity contribution in [3.63, 3.8) is 0 Å². The molecule has 2 heterocycles. The number of nitrogens with zero attached hydrogens (tertiary/aromatic N) is 4. The van der Waals surface area contributed by atoms with Gasteiger partial charge in [0.2, 0.25) is 10.9 Å². The molecule has 0 amide bonds. The van der Waals surface area contributed by atoms with Crippen molar-refractivity contribution in [3.05, 3.63) is 56.0 Å². The fourth-order valence-corrected chi connectivity index (χ4v) is 3.28. The van der Waals surface area contributed by atoms with E-state index >= 15 is 0 Å². The minimum atomic E-state index is -1.10. The zero-order valence-electron chi connectivity index (χ0n) is 20.8. The van der Waals surface area contributed by atoms with Gasteiger partial charge in [0.25, 0.3) is 5.56 Å². The molecule has 0 aliphatic heterocycles. The predicted molar refractivity (Wildman–Crippen MR) is 131 cm³/mol. The third kappa shape index (κ3) is 4.83. The highest BCUT2D eigenvalue weighted by Gasteiger charge is 2.32. The van der Waals surface area contributed by atoms with Gasteiger partial charge in [-0.15, -0.1) is 0 Å². The number of aldehydes is 1. The van der Waals surface area contributed by atoms with Crippen molar-refractivity contribution in [2.45, 2.75) is 54.7 Å². The van der Waals surface area contributed by atoms with Crippen LogP contribution in [-0.2, 0) is 21.1 Å². The van der Waals surface area contributed by atoms with Gasteiger partial charge in [0.15, 0.2) is 18.5 Å². The minimum absolute atomic E-state index is 0.186. The third-order valence-corrected chi connectivity index (χ3v) is 5.97. The van der Waals surface area contributed by atoms with Crippen LogP contribution < -0.4 is 16.1 Å². The molecule has 36 heavy (non-hydrogen) atoms. The Morgan fingerprint density at radius 3 is 2.31 bits per heavy atom. The summed E-state index contributed by atoms with van der Waals surface area (Å²) in [6.07, 6.45) is 0.968. The molecule has 2 aromatic heterocycles. The van der Waals surface area contributed by atoms with Crippen molar-refractivity contribution < 1.29 is 24.0 Å². The van der Waals surface area contributed by atoms with Crippen LogP contribution >= 0.6 is 11.6 Å². The maximum atomic E-state index is 13.5. The summed E-state index contributed by atoms with van der Waals surface area (Å²) in [5.74, 6) is -1.42. The highest BCUT2D eigenvalue weighted by atomic mass is 35.5. The van der Waals surface area contributed by atoms with E-state index in [2.05, 4.69) is 4.98 Å². The molecule has 3 rings (SSSR count). The Morgan fingerprint density at radius 1 is 1.08 bits per heavy atom. The number of para-hydroxylation sites is 1. The number of carbonyl (C=O) groups excluding carboxylic acids is 3. The largest absolute Gasteiger partial charge is 0.443 e. The molecule has 0 saturated heterocycles.